The molecule has 6 atom stereocenters. The van der Waals surface area contributed by atoms with Crippen molar-refractivity contribution in [3.8, 4) is 11.5 Å². The minimum atomic E-state index is -0.893. The van der Waals surface area contributed by atoms with Crippen LogP contribution < -0.4 is 14.8 Å². The van der Waals surface area contributed by atoms with E-state index in [0.717, 1.165) is 6.42 Å². The van der Waals surface area contributed by atoms with E-state index in [4.69, 9.17) is 9.47 Å². The molecule has 7 heteroatoms. The zero-order valence-corrected chi connectivity index (χ0v) is 16.0. The molecule has 1 amide bonds. The Bertz CT molecular complexity index is 807. The molecule has 2 N–H and O–H groups in total. The lowest BCUT2D eigenvalue weighted by molar-refractivity contribution is -0.152. The summed E-state index contributed by atoms with van der Waals surface area (Å²) >= 11 is 3.39. The molecule has 2 saturated carbocycles. The van der Waals surface area contributed by atoms with E-state index in [-0.39, 0.29) is 17.7 Å². The van der Waals surface area contributed by atoms with Crippen molar-refractivity contribution in [3.05, 3.63) is 28.8 Å². The minimum absolute atomic E-state index is 0.00515. The Kier molecular flexibility index (Phi) is 4.22. The van der Waals surface area contributed by atoms with Crippen molar-refractivity contribution >= 4 is 33.5 Å². The van der Waals surface area contributed by atoms with Crippen LogP contribution in [0.15, 0.2) is 28.8 Å². The molecule has 0 spiro atoms. The number of hydrogen-bond donors (Lipinski definition) is 2. The molecular formula is C19H20BrNO5. The van der Waals surface area contributed by atoms with Gasteiger partial charge in [0, 0.05) is 12.1 Å². The van der Waals surface area contributed by atoms with E-state index in [1.807, 2.05) is 12.2 Å². The first-order chi connectivity index (χ1) is 12.5. The fraction of sp³-hybridized carbons (Fsp3) is 0.474. The summed E-state index contributed by atoms with van der Waals surface area (Å²) in [4.78, 5) is 25.0. The predicted octanol–water partition coefficient (Wildman–Crippen LogP) is 3.17. The third-order valence-corrected chi connectivity index (χ3v) is 6.59. The Labute approximate surface area is 159 Å². The summed E-state index contributed by atoms with van der Waals surface area (Å²) in [5, 5.41) is 12.6. The monoisotopic (exact) mass is 421 g/mol. The molecule has 2 fully saturated rings. The number of ether oxygens (including phenoxy) is 2. The van der Waals surface area contributed by atoms with E-state index in [1.165, 1.54) is 14.2 Å². The molecule has 2 bridgehead atoms. The fourth-order valence-electron chi connectivity index (χ4n) is 4.74. The normalized spacial score (nSPS) is 33.3. The van der Waals surface area contributed by atoms with Crippen LogP contribution in [0.5, 0.6) is 11.5 Å². The molecule has 0 radical (unpaired) electrons. The van der Waals surface area contributed by atoms with Crippen molar-refractivity contribution in [1.82, 2.24) is 0 Å². The quantitative estimate of drug-likeness (QED) is 0.713. The summed E-state index contributed by atoms with van der Waals surface area (Å²) in [5.74, 6) is -0.534. The molecule has 5 rings (SSSR count). The Morgan fingerprint density at radius 1 is 1.08 bits per heavy atom. The standard InChI is InChI=1S/C19H20BrNO5/c1-25-14-7-13(15(26-2)6-12(14)20)21-18(22)16-8-3-4-9(11-5-10(8)11)17(16)19(23)24/h3-4,6-11,16-17H,5H2,1-2H3,(H,21,22)(H,23,24)/t8-,9-,10-,11-,16+,17+/m0/s1. The first-order valence-corrected chi connectivity index (χ1v) is 9.39. The number of rotatable bonds is 5. The van der Waals surface area contributed by atoms with Crippen molar-refractivity contribution in [2.75, 3.05) is 19.5 Å². The molecule has 1 aromatic carbocycles. The number of carbonyl (C=O) groups is 2. The van der Waals surface area contributed by atoms with Crippen LogP contribution in [-0.2, 0) is 9.59 Å². The highest BCUT2D eigenvalue weighted by molar-refractivity contribution is 9.10. The van der Waals surface area contributed by atoms with Gasteiger partial charge in [-0.25, -0.2) is 0 Å². The maximum absolute atomic E-state index is 13.1. The number of allylic oxidation sites excluding steroid dienone is 2. The van der Waals surface area contributed by atoms with Crippen molar-refractivity contribution in [2.45, 2.75) is 6.42 Å². The number of nitrogens with one attached hydrogen (secondary N) is 1. The van der Waals surface area contributed by atoms with Gasteiger partial charge in [-0.1, -0.05) is 12.2 Å². The number of amides is 1. The predicted molar refractivity (Wildman–Crippen MR) is 98.2 cm³/mol. The molecule has 26 heavy (non-hydrogen) atoms. The van der Waals surface area contributed by atoms with Gasteiger partial charge in [-0.05, 0) is 46.0 Å². The van der Waals surface area contributed by atoms with Crippen LogP contribution in [0.3, 0.4) is 0 Å². The van der Waals surface area contributed by atoms with E-state index in [1.54, 1.807) is 12.1 Å². The molecular weight excluding hydrogens is 402 g/mol. The van der Waals surface area contributed by atoms with Gasteiger partial charge in [-0.15, -0.1) is 0 Å². The molecule has 1 aromatic rings. The van der Waals surface area contributed by atoms with Gasteiger partial charge in [-0.3, -0.25) is 9.59 Å². The largest absolute Gasteiger partial charge is 0.495 e. The Hall–Kier alpha value is -2.02. The Balaban J connectivity index is 1.64. The number of benzene rings is 1. The van der Waals surface area contributed by atoms with Crippen LogP contribution in [-0.4, -0.2) is 31.2 Å². The van der Waals surface area contributed by atoms with Crippen LogP contribution >= 0.6 is 15.9 Å². The number of carbonyl (C=O) groups excluding carboxylic acids is 1. The first-order valence-electron chi connectivity index (χ1n) is 8.59. The molecule has 0 heterocycles. The van der Waals surface area contributed by atoms with Gasteiger partial charge in [0.2, 0.25) is 5.91 Å². The fourth-order valence-corrected chi connectivity index (χ4v) is 5.23. The van der Waals surface area contributed by atoms with Gasteiger partial charge in [0.1, 0.15) is 11.5 Å². The van der Waals surface area contributed by atoms with E-state index in [0.29, 0.717) is 33.5 Å². The summed E-state index contributed by atoms with van der Waals surface area (Å²) in [6, 6.07) is 3.39. The van der Waals surface area contributed by atoms with E-state index in [9.17, 15) is 14.7 Å². The van der Waals surface area contributed by atoms with Crippen molar-refractivity contribution in [3.63, 3.8) is 0 Å². The zero-order chi connectivity index (χ0) is 18.6. The highest BCUT2D eigenvalue weighted by Crippen LogP contribution is 2.63. The van der Waals surface area contributed by atoms with E-state index < -0.39 is 17.8 Å². The number of fused-ring (bicyclic) bond motifs is 1. The Morgan fingerprint density at radius 3 is 2.27 bits per heavy atom. The number of hydrogen-bond acceptors (Lipinski definition) is 4. The van der Waals surface area contributed by atoms with Crippen LogP contribution in [0.4, 0.5) is 5.69 Å². The van der Waals surface area contributed by atoms with Gasteiger partial charge >= 0.3 is 5.97 Å². The van der Waals surface area contributed by atoms with Gasteiger partial charge in [0.05, 0.1) is 36.2 Å². The average molecular weight is 422 g/mol. The van der Waals surface area contributed by atoms with Gasteiger partial charge < -0.3 is 19.9 Å². The van der Waals surface area contributed by atoms with Crippen LogP contribution in [0.25, 0.3) is 0 Å². The molecule has 0 saturated heterocycles. The lowest BCUT2D eigenvalue weighted by atomic mass is 9.62. The smallest absolute Gasteiger partial charge is 0.307 e. The number of aliphatic carboxylic acids is 1. The SMILES string of the molecule is COc1cc(NC(=O)[C@@H]2[C@H]3C=C[C@@H]([C@@H]4C[C@@H]34)[C@H]2C(=O)O)c(OC)cc1Br. The van der Waals surface area contributed by atoms with Crippen LogP contribution in [0.2, 0.25) is 0 Å². The highest BCUT2D eigenvalue weighted by atomic mass is 79.9. The molecule has 0 unspecified atom stereocenters. The third-order valence-electron chi connectivity index (χ3n) is 5.97. The summed E-state index contributed by atoms with van der Waals surface area (Å²) in [6.07, 6.45) is 5.07. The van der Waals surface area contributed by atoms with Crippen molar-refractivity contribution < 1.29 is 24.2 Å². The maximum atomic E-state index is 13.1. The molecule has 4 aliphatic rings. The average Bonchev–Trinajstić information content (AvgIpc) is 3.44. The third kappa shape index (κ3) is 2.60. The number of methoxy groups -OCH3 is 2. The van der Waals surface area contributed by atoms with Gasteiger partial charge in [-0.2, -0.15) is 0 Å². The maximum Gasteiger partial charge on any atom is 0.307 e. The number of carboxylic acids is 1. The topological polar surface area (TPSA) is 84.9 Å². The highest BCUT2D eigenvalue weighted by Gasteiger charge is 2.63. The van der Waals surface area contributed by atoms with Crippen LogP contribution in [0.1, 0.15) is 6.42 Å². The van der Waals surface area contributed by atoms with E-state index >= 15 is 0 Å². The molecule has 6 nitrogen and oxygen atoms in total. The number of carboxylic acid groups (broad SMARTS) is 1. The van der Waals surface area contributed by atoms with Crippen molar-refractivity contribution in [2.24, 2.45) is 35.5 Å². The second-order valence-corrected chi connectivity index (χ2v) is 8.02. The molecule has 138 valence electrons. The minimum Gasteiger partial charge on any atom is -0.495 e. The molecule has 0 aromatic heterocycles. The number of anilines is 1. The second kappa shape index (κ2) is 6.30. The Morgan fingerprint density at radius 2 is 1.69 bits per heavy atom. The summed E-state index contributed by atoms with van der Waals surface area (Å²) in [7, 11) is 3.06. The second-order valence-electron chi connectivity index (χ2n) is 7.17. The van der Waals surface area contributed by atoms with E-state index in [2.05, 4.69) is 21.2 Å². The summed E-state index contributed by atoms with van der Waals surface area (Å²) in [5.41, 5.74) is 0.472. The molecule has 4 aliphatic carbocycles. The first kappa shape index (κ1) is 17.4. The lowest BCUT2D eigenvalue weighted by Gasteiger charge is -2.41. The number of halogens is 1. The lowest BCUT2D eigenvalue weighted by Crippen LogP contribution is -2.48. The summed E-state index contributed by atoms with van der Waals surface area (Å²) < 4.78 is 11.3. The van der Waals surface area contributed by atoms with Gasteiger partial charge in [0.15, 0.2) is 0 Å². The van der Waals surface area contributed by atoms with Crippen molar-refractivity contribution in [1.29, 1.82) is 0 Å². The molecule has 0 aliphatic heterocycles. The zero-order valence-electron chi connectivity index (χ0n) is 14.4. The summed E-state index contributed by atoms with van der Waals surface area (Å²) in [6.45, 7) is 0. The van der Waals surface area contributed by atoms with Gasteiger partial charge in [0.25, 0.3) is 0 Å². The van der Waals surface area contributed by atoms with Crippen LogP contribution in [0, 0.1) is 35.5 Å².